The minimum atomic E-state index is 0.255. The number of aromatic nitrogens is 8. The summed E-state index contributed by atoms with van der Waals surface area (Å²) in [4.78, 5) is 38.6. The highest BCUT2D eigenvalue weighted by atomic mass is 16.6. The zero-order valence-electron chi connectivity index (χ0n) is 70.6. The van der Waals surface area contributed by atoms with Crippen LogP contribution in [0.25, 0.3) is 157 Å². The van der Waals surface area contributed by atoms with E-state index in [1.165, 1.54) is 0 Å². The first-order valence-electron chi connectivity index (χ1n) is 43.3. The van der Waals surface area contributed by atoms with Crippen molar-refractivity contribution in [3.8, 4) is 113 Å². The second-order valence-electron chi connectivity index (χ2n) is 30.6. The van der Waals surface area contributed by atoms with Gasteiger partial charge in [-0.2, -0.15) is 0 Å². The Hall–Kier alpha value is -13.9. The van der Waals surface area contributed by atoms with Crippen molar-refractivity contribution < 1.29 is 75.8 Å². The van der Waals surface area contributed by atoms with Gasteiger partial charge in [-0.25, -0.2) is 29.9 Å². The van der Waals surface area contributed by atoms with Crippen molar-refractivity contribution in [3.63, 3.8) is 0 Å². The number of hydrogen-bond acceptors (Lipinski definition) is 22. The Morgan fingerprint density at radius 2 is 0.422 bits per heavy atom. The van der Waals surface area contributed by atoms with Crippen molar-refractivity contribution in [2.24, 2.45) is 0 Å². The molecule has 0 spiro atoms. The smallest absolute Gasteiger partial charge is 0.123 e. The summed E-state index contributed by atoms with van der Waals surface area (Å²) < 4.78 is 98.3. The van der Waals surface area contributed by atoms with Crippen molar-refractivity contribution in [3.05, 3.63) is 265 Å². The fraction of sp³-hybridized carbons (Fsp3) is 0.231. The van der Waals surface area contributed by atoms with Crippen molar-refractivity contribution in [1.29, 1.82) is 0 Å². The molecule has 0 fully saturated rings. The zero-order chi connectivity index (χ0) is 85.8. The number of ether oxygens (including phenoxy) is 16. The van der Waals surface area contributed by atoms with Gasteiger partial charge in [0.1, 0.15) is 98.9 Å². The number of hydrogen-bond donors (Lipinski definition) is 2. The van der Waals surface area contributed by atoms with Crippen molar-refractivity contribution in [1.82, 2.24) is 39.9 Å². The third-order valence-corrected chi connectivity index (χ3v) is 21.8. The number of rotatable bonds is 2. The lowest BCUT2D eigenvalue weighted by Gasteiger charge is -2.14. The van der Waals surface area contributed by atoms with Gasteiger partial charge >= 0.3 is 0 Å². The monoisotopic (exact) mass is 1710 g/mol. The summed E-state index contributed by atoms with van der Waals surface area (Å²) in [7, 11) is 0. The number of fused-ring (bicyclic) bond motifs is 12. The molecule has 8 aliphatic heterocycles. The number of H-pyrrole nitrogens is 2. The predicted octanol–water partition coefficient (Wildman–Crippen LogP) is 19.4. The summed E-state index contributed by atoms with van der Waals surface area (Å²) in [5, 5.41) is 4.04. The third kappa shape index (κ3) is 21.1. The number of benzene rings is 8. The van der Waals surface area contributed by atoms with Gasteiger partial charge in [0.05, 0.1) is 173 Å². The normalized spacial score (nSPS) is 15.6. The van der Waals surface area contributed by atoms with Crippen LogP contribution in [-0.4, -0.2) is 198 Å². The molecule has 7 aromatic heterocycles. The third-order valence-electron chi connectivity index (χ3n) is 21.8. The molecule has 8 aliphatic rings. The molecule has 0 saturated carbocycles. The Balaban J connectivity index is 0.534. The highest BCUT2D eigenvalue weighted by molar-refractivity contribution is 6.06. The molecule has 28 bridgehead atoms. The molecule has 2 N–H and O–H groups in total. The standard InChI is InChI=1S/C104H94N8O16/c1-2-74-14-30-92-70-7-23-84(24-8-70)122-54-46-114-38-42-118-50-58-126-88-62-77(61-87(67-88)125-57-49-117-41-37-113-45-53-121-83-21-5-69(6-22-83)91-29-13-73(1)101(109-91)102(74)110-92)99-95-33-17-79(105-95)65-81-19-35-97(107-81)100(98-36-20-82(108-98)66-80-18-34-96(99)106-80)78-63-89-68-90(64-78)128-60-52-120-44-40-116-48-56-124-86-27-11-72(12-28-86)94-32-16-76-4-3-75-15-31-93(111-103(75)104(76)112-94)71-9-25-85(26-10-71)123-55-47-115-39-43-119-51-59-127-89/h1-36,61-68,105,108H,37-60H2. The Morgan fingerprint density at radius 3 is 0.680 bits per heavy atom. The van der Waals surface area contributed by atoms with Crippen LogP contribution in [0.1, 0.15) is 22.8 Å². The molecule has 128 heavy (non-hydrogen) atoms. The lowest BCUT2D eigenvalue weighted by atomic mass is 10.0. The molecular formula is C104H94N8O16. The molecule has 646 valence electrons. The molecule has 0 saturated heterocycles. The molecular weight excluding hydrogens is 1620 g/mol. The van der Waals surface area contributed by atoms with E-state index in [4.69, 9.17) is 106 Å². The van der Waals surface area contributed by atoms with Crippen LogP contribution in [0.15, 0.2) is 243 Å². The zero-order valence-corrected chi connectivity index (χ0v) is 70.6. The summed E-state index contributed by atoms with van der Waals surface area (Å²) >= 11 is 0. The van der Waals surface area contributed by atoms with Crippen LogP contribution in [0.5, 0.6) is 46.0 Å². The molecule has 0 amide bonds. The van der Waals surface area contributed by atoms with Gasteiger partial charge in [-0.3, -0.25) is 0 Å². The van der Waals surface area contributed by atoms with Gasteiger partial charge in [0.2, 0.25) is 0 Å². The first kappa shape index (κ1) is 83.6. The van der Waals surface area contributed by atoms with E-state index in [1.54, 1.807) is 0 Å². The average molecular weight is 1710 g/mol. The molecule has 24 nitrogen and oxygen atoms in total. The predicted molar refractivity (Wildman–Crippen MR) is 496 cm³/mol. The molecule has 15 heterocycles. The number of nitrogens with zero attached hydrogens (tertiary/aromatic N) is 6. The van der Waals surface area contributed by atoms with Gasteiger partial charge in [-0.15, -0.1) is 0 Å². The maximum atomic E-state index is 6.50. The summed E-state index contributed by atoms with van der Waals surface area (Å²) in [6, 6.07) is 80.7. The Labute approximate surface area is 738 Å². The van der Waals surface area contributed by atoms with Crippen LogP contribution >= 0.6 is 0 Å². The highest BCUT2D eigenvalue weighted by Gasteiger charge is 2.20. The SMILES string of the molecule is C1=Cc2nc1cc1ccc([nH]1)c(-c1cc3cc(c1)OCCOCCOCCOc1ccc(cc1)-c1ccc4ccc5ccc(nc5c4n1)-c1ccc(cc1)OCCOCCOCCO3)c1nc(cc3ccc([nH]3)c2-c2cc3cc(c2)OCCOCCOCCOc2ccc(cc2)-c2ccc4ccc5ccc(nc5c4n2)-c2ccc(cc2)OCCOCCOCCO3)C=C1. The molecule has 0 atom stereocenters. The average Bonchev–Trinajstić information content (AvgIpc) is 0.898. The van der Waals surface area contributed by atoms with Crippen LogP contribution in [-0.2, 0) is 37.9 Å². The Kier molecular flexibility index (Phi) is 26.8. The summed E-state index contributed by atoms with van der Waals surface area (Å²) in [5.41, 5.74) is 19.9. The summed E-state index contributed by atoms with van der Waals surface area (Å²) in [5.74, 6) is 5.21. The Morgan fingerprint density at radius 1 is 0.188 bits per heavy atom. The van der Waals surface area contributed by atoms with Gasteiger partial charge in [-0.1, -0.05) is 48.5 Å². The van der Waals surface area contributed by atoms with Gasteiger partial charge < -0.3 is 85.8 Å². The van der Waals surface area contributed by atoms with Crippen LogP contribution < -0.4 is 37.9 Å². The lowest BCUT2D eigenvalue weighted by molar-refractivity contribution is 0.0267. The lowest BCUT2D eigenvalue weighted by Crippen LogP contribution is -2.14. The summed E-state index contributed by atoms with van der Waals surface area (Å²) in [6.07, 6.45) is 8.07. The fourth-order valence-corrected chi connectivity index (χ4v) is 15.5. The van der Waals surface area contributed by atoms with Gasteiger partial charge in [0.15, 0.2) is 0 Å². The first-order valence-corrected chi connectivity index (χ1v) is 43.3. The van der Waals surface area contributed by atoms with E-state index in [0.717, 1.165) is 167 Å². The fourth-order valence-electron chi connectivity index (χ4n) is 15.5. The van der Waals surface area contributed by atoms with Crippen LogP contribution in [0.4, 0.5) is 0 Å². The Bertz CT molecular complexity index is 5960. The molecule has 0 radical (unpaired) electrons. The molecule has 15 aromatic rings. The topological polar surface area (TPSA) is 257 Å². The van der Waals surface area contributed by atoms with Crippen LogP contribution in [0, 0.1) is 0 Å². The number of aromatic amines is 2. The second-order valence-corrected chi connectivity index (χ2v) is 30.6. The highest BCUT2D eigenvalue weighted by Crippen LogP contribution is 2.40. The first-order chi connectivity index (χ1) is 63.4. The molecule has 0 aliphatic carbocycles. The van der Waals surface area contributed by atoms with Crippen LogP contribution in [0.3, 0.4) is 0 Å². The largest absolute Gasteiger partial charge is 0.491 e. The van der Waals surface area contributed by atoms with E-state index < -0.39 is 0 Å². The molecule has 0 unspecified atom stereocenters. The van der Waals surface area contributed by atoms with Crippen molar-refractivity contribution >= 4 is 90.0 Å². The van der Waals surface area contributed by atoms with E-state index in [-0.39, 0.29) is 26.4 Å². The number of nitrogens with one attached hydrogen (secondary N) is 2. The van der Waals surface area contributed by atoms with E-state index in [2.05, 4.69) is 70.6 Å². The van der Waals surface area contributed by atoms with E-state index in [1.807, 2.05) is 206 Å². The van der Waals surface area contributed by atoms with E-state index in [9.17, 15) is 0 Å². The van der Waals surface area contributed by atoms with Gasteiger partial charge in [0.25, 0.3) is 0 Å². The van der Waals surface area contributed by atoms with Gasteiger partial charge in [-0.05, 0) is 217 Å². The van der Waals surface area contributed by atoms with Crippen molar-refractivity contribution in [2.45, 2.75) is 0 Å². The van der Waals surface area contributed by atoms with Crippen LogP contribution in [0.2, 0.25) is 0 Å². The van der Waals surface area contributed by atoms with Crippen molar-refractivity contribution in [2.75, 3.05) is 159 Å². The second kappa shape index (κ2) is 41.0. The maximum absolute atomic E-state index is 6.50. The molecule has 8 aromatic carbocycles. The van der Waals surface area contributed by atoms with E-state index in [0.29, 0.717) is 167 Å². The number of pyridine rings is 4. The quantitative estimate of drug-likeness (QED) is 0.152. The maximum Gasteiger partial charge on any atom is 0.123 e. The molecule has 23 rings (SSSR count). The summed E-state index contributed by atoms with van der Waals surface area (Å²) in [6.45, 7) is 8.19. The van der Waals surface area contributed by atoms with E-state index >= 15 is 0 Å². The molecule has 24 heteroatoms. The van der Waals surface area contributed by atoms with Gasteiger partial charge in [0, 0.05) is 89.1 Å². The minimum absolute atomic E-state index is 0.255. The minimum Gasteiger partial charge on any atom is -0.491 e.